The van der Waals surface area contributed by atoms with Gasteiger partial charge in [0, 0.05) is 26.3 Å². The molecule has 96 valence electrons. The lowest BCUT2D eigenvalue weighted by molar-refractivity contribution is 0.0716. The van der Waals surface area contributed by atoms with Crippen molar-refractivity contribution in [2.45, 2.75) is 19.9 Å². The van der Waals surface area contributed by atoms with E-state index in [-0.39, 0.29) is 0 Å². The van der Waals surface area contributed by atoms with Crippen molar-refractivity contribution >= 4 is 0 Å². The fourth-order valence-corrected chi connectivity index (χ4v) is 1.32. The first kappa shape index (κ1) is 14.0. The lowest BCUT2D eigenvalue weighted by Gasteiger charge is -2.05. The van der Waals surface area contributed by atoms with Crippen molar-refractivity contribution in [1.82, 2.24) is 15.3 Å². The second-order valence-corrected chi connectivity index (χ2v) is 3.60. The fraction of sp³-hybridized carbons (Fsp3) is 0.667. The minimum atomic E-state index is 0.619. The van der Waals surface area contributed by atoms with E-state index in [4.69, 9.17) is 9.47 Å². The predicted molar refractivity (Wildman–Crippen MR) is 65.8 cm³/mol. The first-order chi connectivity index (χ1) is 8.36. The van der Waals surface area contributed by atoms with Crippen LogP contribution in [0, 0.1) is 0 Å². The number of methoxy groups -OCH3 is 1. The molecule has 5 heteroatoms. The van der Waals surface area contributed by atoms with Gasteiger partial charge in [0.15, 0.2) is 0 Å². The Morgan fingerprint density at radius 1 is 1.29 bits per heavy atom. The van der Waals surface area contributed by atoms with Crippen molar-refractivity contribution in [3.63, 3.8) is 0 Å². The molecule has 17 heavy (non-hydrogen) atoms. The Labute approximate surface area is 103 Å². The van der Waals surface area contributed by atoms with Crippen molar-refractivity contribution in [3.05, 3.63) is 23.8 Å². The van der Waals surface area contributed by atoms with Gasteiger partial charge in [-0.15, -0.1) is 0 Å². The summed E-state index contributed by atoms with van der Waals surface area (Å²) < 4.78 is 10.3. The third kappa shape index (κ3) is 6.31. The van der Waals surface area contributed by atoms with Crippen molar-refractivity contribution in [3.8, 4) is 0 Å². The highest BCUT2D eigenvalue weighted by Crippen LogP contribution is 1.97. The van der Waals surface area contributed by atoms with Crippen LogP contribution in [0.5, 0.6) is 0 Å². The van der Waals surface area contributed by atoms with Gasteiger partial charge < -0.3 is 14.8 Å². The summed E-state index contributed by atoms with van der Waals surface area (Å²) in [6.45, 7) is 5.69. The molecule has 1 heterocycles. The molecule has 0 saturated heterocycles. The summed E-state index contributed by atoms with van der Waals surface area (Å²) in [7, 11) is 1.66. The first-order valence-electron chi connectivity index (χ1n) is 5.95. The van der Waals surface area contributed by atoms with Crippen LogP contribution in [0.15, 0.2) is 12.3 Å². The van der Waals surface area contributed by atoms with E-state index in [1.165, 1.54) is 0 Å². The number of aromatic nitrogens is 2. The molecule has 0 aliphatic heterocycles. The third-order valence-electron chi connectivity index (χ3n) is 2.22. The van der Waals surface area contributed by atoms with Crippen LogP contribution in [0.25, 0.3) is 0 Å². The molecular weight excluding hydrogens is 218 g/mol. The molecule has 0 saturated carbocycles. The summed E-state index contributed by atoms with van der Waals surface area (Å²) in [4.78, 5) is 8.66. The molecule has 0 spiro atoms. The molecule has 0 fully saturated rings. The highest BCUT2D eigenvalue weighted by molar-refractivity contribution is 5.02. The van der Waals surface area contributed by atoms with E-state index in [2.05, 4.69) is 22.2 Å². The SMILES string of the molecule is CCNCc1ccnc(CCOCCOC)n1. The smallest absolute Gasteiger partial charge is 0.130 e. The maximum absolute atomic E-state index is 5.38. The zero-order valence-electron chi connectivity index (χ0n) is 10.6. The maximum atomic E-state index is 5.38. The van der Waals surface area contributed by atoms with Gasteiger partial charge in [-0.3, -0.25) is 0 Å². The minimum Gasteiger partial charge on any atom is -0.382 e. The maximum Gasteiger partial charge on any atom is 0.130 e. The van der Waals surface area contributed by atoms with Gasteiger partial charge in [-0.2, -0.15) is 0 Å². The van der Waals surface area contributed by atoms with Gasteiger partial charge >= 0.3 is 0 Å². The Morgan fingerprint density at radius 3 is 2.94 bits per heavy atom. The molecule has 5 nitrogen and oxygen atoms in total. The zero-order valence-corrected chi connectivity index (χ0v) is 10.6. The van der Waals surface area contributed by atoms with Crippen LogP contribution in [0.2, 0.25) is 0 Å². The summed E-state index contributed by atoms with van der Waals surface area (Å²) in [5.74, 6) is 0.831. The number of hydrogen-bond donors (Lipinski definition) is 1. The molecule has 0 amide bonds. The fourth-order valence-electron chi connectivity index (χ4n) is 1.32. The van der Waals surface area contributed by atoms with E-state index in [9.17, 15) is 0 Å². The van der Waals surface area contributed by atoms with Crippen LogP contribution < -0.4 is 5.32 Å². The molecule has 1 rings (SSSR count). The van der Waals surface area contributed by atoms with E-state index < -0.39 is 0 Å². The van der Waals surface area contributed by atoms with Gasteiger partial charge in [-0.1, -0.05) is 6.92 Å². The van der Waals surface area contributed by atoms with E-state index in [1.807, 2.05) is 6.07 Å². The summed E-state index contributed by atoms with van der Waals surface area (Å²) in [5, 5.41) is 3.24. The molecule has 0 aliphatic rings. The molecule has 1 aromatic rings. The first-order valence-corrected chi connectivity index (χ1v) is 5.95. The lowest BCUT2D eigenvalue weighted by atomic mass is 10.3. The van der Waals surface area contributed by atoms with Crippen LogP contribution in [-0.4, -0.2) is 43.4 Å². The van der Waals surface area contributed by atoms with Crippen molar-refractivity contribution in [2.24, 2.45) is 0 Å². The van der Waals surface area contributed by atoms with Crippen LogP contribution in [0.3, 0.4) is 0 Å². The second kappa shape index (κ2) is 9.04. The minimum absolute atomic E-state index is 0.619. The average Bonchev–Trinajstić information content (AvgIpc) is 2.37. The lowest BCUT2D eigenvalue weighted by Crippen LogP contribution is -2.14. The second-order valence-electron chi connectivity index (χ2n) is 3.60. The Balaban J connectivity index is 2.27. The monoisotopic (exact) mass is 239 g/mol. The molecule has 1 aromatic heterocycles. The van der Waals surface area contributed by atoms with Gasteiger partial charge in [-0.25, -0.2) is 9.97 Å². The van der Waals surface area contributed by atoms with E-state index >= 15 is 0 Å². The molecule has 1 N–H and O–H groups in total. The molecule has 0 radical (unpaired) electrons. The summed E-state index contributed by atoms with van der Waals surface area (Å²) in [5.41, 5.74) is 1.02. The van der Waals surface area contributed by atoms with Crippen LogP contribution in [0.1, 0.15) is 18.4 Å². The predicted octanol–water partition coefficient (Wildman–Crippen LogP) is 0.792. The summed E-state index contributed by atoms with van der Waals surface area (Å²) >= 11 is 0. The van der Waals surface area contributed by atoms with Gasteiger partial charge in [0.2, 0.25) is 0 Å². The van der Waals surface area contributed by atoms with E-state index in [0.717, 1.165) is 31.0 Å². The number of ether oxygens (including phenoxy) is 2. The molecule has 0 aliphatic carbocycles. The largest absolute Gasteiger partial charge is 0.382 e. The molecule has 0 atom stereocenters. The highest BCUT2D eigenvalue weighted by atomic mass is 16.5. The summed E-state index contributed by atoms with van der Waals surface area (Å²) in [6.07, 6.45) is 2.54. The number of hydrogen-bond acceptors (Lipinski definition) is 5. The highest BCUT2D eigenvalue weighted by Gasteiger charge is 1.99. The van der Waals surface area contributed by atoms with Gasteiger partial charge in [0.05, 0.1) is 25.5 Å². The molecular formula is C12H21N3O2. The average molecular weight is 239 g/mol. The zero-order chi connectivity index (χ0) is 12.3. The van der Waals surface area contributed by atoms with Gasteiger partial charge in [0.1, 0.15) is 5.82 Å². The Kier molecular flexibility index (Phi) is 7.46. The van der Waals surface area contributed by atoms with E-state index in [1.54, 1.807) is 13.3 Å². The van der Waals surface area contributed by atoms with Crippen molar-refractivity contribution < 1.29 is 9.47 Å². The van der Waals surface area contributed by atoms with Gasteiger partial charge in [-0.05, 0) is 12.6 Å². The van der Waals surface area contributed by atoms with Gasteiger partial charge in [0.25, 0.3) is 0 Å². The van der Waals surface area contributed by atoms with Crippen LogP contribution >= 0.6 is 0 Å². The number of nitrogens with zero attached hydrogens (tertiary/aromatic N) is 2. The molecule has 0 bridgehead atoms. The Hall–Kier alpha value is -1.04. The quantitative estimate of drug-likeness (QED) is 0.646. The Morgan fingerprint density at radius 2 is 2.18 bits per heavy atom. The summed E-state index contributed by atoms with van der Waals surface area (Å²) in [6, 6.07) is 1.93. The normalized spacial score (nSPS) is 10.7. The van der Waals surface area contributed by atoms with E-state index in [0.29, 0.717) is 19.8 Å². The number of rotatable bonds is 9. The van der Waals surface area contributed by atoms with Crippen molar-refractivity contribution in [2.75, 3.05) is 33.5 Å². The topological polar surface area (TPSA) is 56.3 Å². The third-order valence-corrected chi connectivity index (χ3v) is 2.22. The Bertz CT molecular complexity index is 308. The molecule has 0 unspecified atom stereocenters. The van der Waals surface area contributed by atoms with Crippen LogP contribution in [0.4, 0.5) is 0 Å². The molecule has 0 aromatic carbocycles. The van der Waals surface area contributed by atoms with Crippen molar-refractivity contribution in [1.29, 1.82) is 0 Å². The number of nitrogens with one attached hydrogen (secondary N) is 1. The van der Waals surface area contributed by atoms with Crippen LogP contribution in [-0.2, 0) is 22.4 Å². The standard InChI is InChI=1S/C12H21N3O2/c1-3-13-10-11-4-6-14-12(15-11)5-7-17-9-8-16-2/h4,6,13H,3,5,7-10H2,1-2H3.